The van der Waals surface area contributed by atoms with Gasteiger partial charge >= 0.3 is 0 Å². The minimum absolute atomic E-state index is 0.212. The van der Waals surface area contributed by atoms with E-state index >= 15 is 0 Å². The number of rotatable bonds is 0. The predicted octanol–water partition coefficient (Wildman–Crippen LogP) is 3.07. The first kappa shape index (κ1) is 9.45. The van der Waals surface area contributed by atoms with Crippen LogP contribution < -0.4 is 0 Å². The average molecular weight is 188 g/mol. The molecule has 1 nitrogen and oxygen atoms in total. The fourth-order valence-corrected chi connectivity index (χ4v) is 2.31. The number of ketones is 1. The molecule has 0 saturated carbocycles. The molecule has 1 aliphatic carbocycles. The number of hydrogen-bond donors (Lipinski definition) is 0. The molecule has 0 radical (unpaired) electrons. The van der Waals surface area contributed by atoms with Crippen molar-refractivity contribution in [1.82, 2.24) is 0 Å². The molecular formula is C13H16O. The van der Waals surface area contributed by atoms with E-state index in [9.17, 15) is 4.79 Å². The molecule has 74 valence electrons. The molecule has 1 aromatic rings. The van der Waals surface area contributed by atoms with Gasteiger partial charge < -0.3 is 0 Å². The van der Waals surface area contributed by atoms with Gasteiger partial charge in [0.05, 0.1) is 0 Å². The van der Waals surface area contributed by atoms with E-state index in [1.54, 1.807) is 0 Å². The zero-order valence-corrected chi connectivity index (χ0v) is 9.05. The number of fused-ring (bicyclic) bond motifs is 1. The summed E-state index contributed by atoms with van der Waals surface area (Å²) in [6.45, 7) is 6.19. The van der Waals surface area contributed by atoms with Crippen LogP contribution in [0.1, 0.15) is 40.4 Å². The molecule has 0 amide bonds. The molecule has 14 heavy (non-hydrogen) atoms. The molecule has 0 saturated heterocycles. The van der Waals surface area contributed by atoms with Crippen molar-refractivity contribution in [2.75, 3.05) is 0 Å². The molecule has 0 unspecified atom stereocenters. The number of hydrogen-bond acceptors (Lipinski definition) is 1. The first-order valence-corrected chi connectivity index (χ1v) is 5.24. The molecule has 0 heterocycles. The van der Waals surface area contributed by atoms with Gasteiger partial charge in [-0.1, -0.05) is 18.6 Å². The van der Waals surface area contributed by atoms with E-state index in [2.05, 4.69) is 19.9 Å². The van der Waals surface area contributed by atoms with Crippen LogP contribution in [0.2, 0.25) is 0 Å². The van der Waals surface area contributed by atoms with E-state index in [1.807, 2.05) is 13.0 Å². The molecule has 1 heteroatoms. The Kier molecular flexibility index (Phi) is 2.18. The van der Waals surface area contributed by atoms with Gasteiger partial charge in [0, 0.05) is 11.5 Å². The number of Topliss-reactive ketones (excluding diaryl/α,β-unsaturated/α-hetero) is 1. The first-order valence-electron chi connectivity index (χ1n) is 5.24. The Morgan fingerprint density at radius 1 is 1.29 bits per heavy atom. The van der Waals surface area contributed by atoms with Crippen LogP contribution in [-0.4, -0.2) is 5.78 Å². The van der Waals surface area contributed by atoms with Crippen molar-refractivity contribution < 1.29 is 4.79 Å². The second-order valence-corrected chi connectivity index (χ2v) is 4.41. The van der Waals surface area contributed by atoms with Crippen molar-refractivity contribution in [1.29, 1.82) is 0 Å². The Bertz CT molecular complexity index is 390. The largest absolute Gasteiger partial charge is 0.294 e. The van der Waals surface area contributed by atoms with Crippen LogP contribution in [0.3, 0.4) is 0 Å². The summed E-state index contributed by atoms with van der Waals surface area (Å²) in [6.07, 6.45) is 2.07. The van der Waals surface area contributed by atoms with Crippen LogP contribution in [0, 0.1) is 19.8 Å². The molecule has 0 spiro atoms. The lowest BCUT2D eigenvalue weighted by molar-refractivity contribution is 0.0913. The molecule has 1 atom stereocenters. The number of aryl methyl sites for hydroxylation is 2. The summed E-state index contributed by atoms with van der Waals surface area (Å²) in [5, 5.41) is 0. The van der Waals surface area contributed by atoms with Crippen LogP contribution >= 0.6 is 0 Å². The van der Waals surface area contributed by atoms with Crippen LogP contribution in [0.5, 0.6) is 0 Å². The first-order chi connectivity index (χ1) is 6.59. The molecule has 0 aromatic heterocycles. The van der Waals surface area contributed by atoms with E-state index < -0.39 is 0 Å². The lowest BCUT2D eigenvalue weighted by Gasteiger charge is -2.22. The summed E-state index contributed by atoms with van der Waals surface area (Å²) < 4.78 is 0. The predicted molar refractivity (Wildman–Crippen MR) is 57.7 cm³/mol. The molecule has 1 aromatic carbocycles. The molecule has 0 fully saturated rings. The fourth-order valence-electron chi connectivity index (χ4n) is 2.31. The zero-order valence-electron chi connectivity index (χ0n) is 9.05. The summed E-state index contributed by atoms with van der Waals surface area (Å²) >= 11 is 0. The Morgan fingerprint density at radius 2 is 2.00 bits per heavy atom. The van der Waals surface area contributed by atoms with Gasteiger partial charge in [0.15, 0.2) is 5.78 Å². The molecule has 0 bridgehead atoms. The van der Waals surface area contributed by atoms with E-state index in [1.165, 1.54) is 16.7 Å². The van der Waals surface area contributed by atoms with Crippen LogP contribution in [-0.2, 0) is 6.42 Å². The van der Waals surface area contributed by atoms with Crippen molar-refractivity contribution in [2.45, 2.75) is 33.6 Å². The second kappa shape index (κ2) is 3.23. The summed E-state index contributed by atoms with van der Waals surface area (Å²) in [7, 11) is 0. The number of carbonyl (C=O) groups is 1. The SMILES string of the molecule is Cc1cc(C)c2c(c1)C(=O)[C@H](C)CC2. The summed E-state index contributed by atoms with van der Waals surface area (Å²) in [5.41, 5.74) is 4.73. The fraction of sp³-hybridized carbons (Fsp3) is 0.462. The van der Waals surface area contributed by atoms with Gasteiger partial charge in [0.1, 0.15) is 0 Å². The van der Waals surface area contributed by atoms with Crippen molar-refractivity contribution in [3.8, 4) is 0 Å². The normalized spacial score (nSPS) is 20.8. The Hall–Kier alpha value is -1.11. The third kappa shape index (κ3) is 1.37. The molecule has 0 aliphatic heterocycles. The lowest BCUT2D eigenvalue weighted by Crippen LogP contribution is -2.21. The quantitative estimate of drug-likeness (QED) is 0.611. The Balaban J connectivity index is 2.60. The summed E-state index contributed by atoms with van der Waals surface area (Å²) in [4.78, 5) is 11.9. The van der Waals surface area contributed by atoms with Crippen molar-refractivity contribution in [3.63, 3.8) is 0 Å². The van der Waals surface area contributed by atoms with Gasteiger partial charge in [-0.05, 0) is 43.9 Å². The van der Waals surface area contributed by atoms with Gasteiger partial charge in [-0.3, -0.25) is 4.79 Å². The standard InChI is InChI=1S/C13H16O/c1-8-6-10(3)11-5-4-9(2)13(14)12(11)7-8/h6-7,9H,4-5H2,1-3H3/t9-/m1/s1. The van der Waals surface area contributed by atoms with Crippen LogP contribution in [0.4, 0.5) is 0 Å². The zero-order chi connectivity index (χ0) is 10.3. The van der Waals surface area contributed by atoms with Crippen molar-refractivity contribution >= 4 is 5.78 Å². The highest BCUT2D eigenvalue weighted by atomic mass is 16.1. The maximum absolute atomic E-state index is 11.9. The topological polar surface area (TPSA) is 17.1 Å². The van der Waals surface area contributed by atoms with Crippen LogP contribution in [0.15, 0.2) is 12.1 Å². The molecule has 0 N–H and O–H groups in total. The summed E-state index contributed by atoms with van der Waals surface area (Å²) in [6, 6.07) is 4.21. The monoisotopic (exact) mass is 188 g/mol. The Labute approximate surface area is 85.1 Å². The van der Waals surface area contributed by atoms with E-state index in [-0.39, 0.29) is 5.92 Å². The van der Waals surface area contributed by atoms with Gasteiger partial charge in [-0.2, -0.15) is 0 Å². The number of benzene rings is 1. The summed E-state index contributed by atoms with van der Waals surface area (Å²) in [5.74, 6) is 0.543. The van der Waals surface area contributed by atoms with E-state index in [0.717, 1.165) is 18.4 Å². The van der Waals surface area contributed by atoms with Gasteiger partial charge in [0.2, 0.25) is 0 Å². The van der Waals surface area contributed by atoms with E-state index in [4.69, 9.17) is 0 Å². The van der Waals surface area contributed by atoms with Gasteiger partial charge in [-0.25, -0.2) is 0 Å². The second-order valence-electron chi connectivity index (χ2n) is 4.41. The highest BCUT2D eigenvalue weighted by molar-refractivity contribution is 6.00. The number of carbonyl (C=O) groups excluding carboxylic acids is 1. The molecule has 2 rings (SSSR count). The lowest BCUT2D eigenvalue weighted by atomic mass is 9.81. The van der Waals surface area contributed by atoms with E-state index in [0.29, 0.717) is 5.78 Å². The smallest absolute Gasteiger partial charge is 0.165 e. The highest BCUT2D eigenvalue weighted by Crippen LogP contribution is 2.28. The maximum Gasteiger partial charge on any atom is 0.165 e. The molecule has 1 aliphatic rings. The van der Waals surface area contributed by atoms with Crippen LogP contribution in [0.25, 0.3) is 0 Å². The third-order valence-corrected chi connectivity index (χ3v) is 3.16. The minimum Gasteiger partial charge on any atom is -0.294 e. The van der Waals surface area contributed by atoms with Crippen molar-refractivity contribution in [2.24, 2.45) is 5.92 Å². The highest BCUT2D eigenvalue weighted by Gasteiger charge is 2.24. The minimum atomic E-state index is 0.212. The van der Waals surface area contributed by atoms with Gasteiger partial charge in [-0.15, -0.1) is 0 Å². The van der Waals surface area contributed by atoms with Gasteiger partial charge in [0.25, 0.3) is 0 Å². The average Bonchev–Trinajstić information content (AvgIpc) is 2.12. The third-order valence-electron chi connectivity index (χ3n) is 3.16. The van der Waals surface area contributed by atoms with Crippen molar-refractivity contribution in [3.05, 3.63) is 34.4 Å². The maximum atomic E-state index is 11.9. The Morgan fingerprint density at radius 3 is 2.71 bits per heavy atom. The molecular weight excluding hydrogens is 172 g/mol.